The maximum atomic E-state index is 6.81. The fraction of sp³-hybridized carbons (Fsp3) is 0.882. The predicted octanol–water partition coefficient (Wildman–Crippen LogP) is 5.91. The van der Waals surface area contributed by atoms with Crippen LogP contribution in [0.5, 0.6) is 0 Å². The van der Waals surface area contributed by atoms with Gasteiger partial charge in [-0.15, -0.1) is 0 Å². The molecular formula is C17H31. The Morgan fingerprint density at radius 1 is 0.706 bits per heavy atom. The first-order chi connectivity index (χ1) is 8.27. The molecule has 0 nitrogen and oxygen atoms in total. The summed E-state index contributed by atoms with van der Waals surface area (Å²) in [5.74, 6) is 3.34. The molecule has 0 saturated carbocycles. The lowest BCUT2D eigenvalue weighted by atomic mass is 10.0. The average Bonchev–Trinajstić information content (AvgIpc) is 2.30. The molecule has 1 radical (unpaired) electrons. The SMILES string of the molecule is [C]#CCCCCCCCCCCCCC(C)C. The standard InChI is InChI=1S/C17H31/c1-4-5-6-7-8-9-10-11-12-13-14-15-16-17(2)3/h17H,5-16H2,2-3H3. The number of rotatable bonds is 12. The summed E-state index contributed by atoms with van der Waals surface area (Å²) in [6, 6.07) is 0. The fourth-order valence-corrected chi connectivity index (χ4v) is 2.18. The lowest BCUT2D eigenvalue weighted by Gasteiger charge is -2.04. The second kappa shape index (κ2) is 13.6. The maximum absolute atomic E-state index is 6.81. The Labute approximate surface area is 110 Å². The van der Waals surface area contributed by atoms with Crippen molar-refractivity contribution in [2.45, 2.75) is 90.9 Å². The average molecular weight is 235 g/mol. The normalized spacial score (nSPS) is 10.7. The lowest BCUT2D eigenvalue weighted by Crippen LogP contribution is -1.87. The molecule has 0 heterocycles. The van der Waals surface area contributed by atoms with E-state index in [-0.39, 0.29) is 0 Å². The van der Waals surface area contributed by atoms with Crippen molar-refractivity contribution in [1.82, 2.24) is 0 Å². The largest absolute Gasteiger partial charge is 0.0891 e. The Morgan fingerprint density at radius 3 is 1.53 bits per heavy atom. The van der Waals surface area contributed by atoms with E-state index >= 15 is 0 Å². The number of hydrogen-bond donors (Lipinski definition) is 0. The summed E-state index contributed by atoms with van der Waals surface area (Å²) in [6.07, 6.45) is 22.9. The van der Waals surface area contributed by atoms with Crippen molar-refractivity contribution in [2.75, 3.05) is 0 Å². The van der Waals surface area contributed by atoms with Gasteiger partial charge in [-0.05, 0) is 18.8 Å². The molecule has 0 aromatic heterocycles. The summed E-state index contributed by atoms with van der Waals surface area (Å²) >= 11 is 0. The van der Waals surface area contributed by atoms with Crippen LogP contribution in [0.2, 0.25) is 0 Å². The van der Waals surface area contributed by atoms with E-state index in [9.17, 15) is 0 Å². The van der Waals surface area contributed by atoms with Gasteiger partial charge in [-0.2, -0.15) is 0 Å². The molecule has 17 heavy (non-hydrogen) atoms. The van der Waals surface area contributed by atoms with Crippen LogP contribution in [0.25, 0.3) is 0 Å². The third-order valence-corrected chi connectivity index (χ3v) is 3.33. The van der Waals surface area contributed by atoms with Gasteiger partial charge in [0.2, 0.25) is 0 Å². The van der Waals surface area contributed by atoms with Crippen LogP contribution >= 0.6 is 0 Å². The molecule has 0 aromatic carbocycles. The van der Waals surface area contributed by atoms with Crippen LogP contribution in [0.1, 0.15) is 90.9 Å². The summed E-state index contributed by atoms with van der Waals surface area (Å²) in [5, 5.41) is 0. The molecule has 0 unspecified atom stereocenters. The van der Waals surface area contributed by atoms with Gasteiger partial charge >= 0.3 is 0 Å². The zero-order valence-corrected chi connectivity index (χ0v) is 12.1. The smallest absolute Gasteiger partial charge is 0.00989 e. The lowest BCUT2D eigenvalue weighted by molar-refractivity contribution is 0.505. The molecule has 0 aromatic rings. The van der Waals surface area contributed by atoms with Crippen LogP contribution in [-0.4, -0.2) is 0 Å². The maximum Gasteiger partial charge on any atom is 0.00989 e. The monoisotopic (exact) mass is 235 g/mol. The van der Waals surface area contributed by atoms with Gasteiger partial charge in [0.25, 0.3) is 0 Å². The van der Waals surface area contributed by atoms with Gasteiger partial charge < -0.3 is 0 Å². The zero-order valence-electron chi connectivity index (χ0n) is 12.1. The Hall–Kier alpha value is -0.440. The van der Waals surface area contributed by atoms with Crippen molar-refractivity contribution in [1.29, 1.82) is 0 Å². The minimum atomic E-state index is 0.857. The first-order valence-electron chi connectivity index (χ1n) is 7.67. The van der Waals surface area contributed by atoms with E-state index in [2.05, 4.69) is 19.8 Å². The Kier molecular flexibility index (Phi) is 13.3. The van der Waals surface area contributed by atoms with E-state index in [0.717, 1.165) is 12.3 Å². The molecule has 0 fully saturated rings. The minimum Gasteiger partial charge on any atom is -0.0891 e. The van der Waals surface area contributed by atoms with Gasteiger partial charge in [-0.1, -0.05) is 84.0 Å². The molecule has 0 amide bonds. The van der Waals surface area contributed by atoms with Crippen LogP contribution in [0.3, 0.4) is 0 Å². The van der Waals surface area contributed by atoms with Gasteiger partial charge in [-0.3, -0.25) is 0 Å². The Bertz CT molecular complexity index is 173. The van der Waals surface area contributed by atoms with Crippen molar-refractivity contribution in [3.8, 4) is 5.92 Å². The molecule has 0 heteroatoms. The number of hydrogen-bond acceptors (Lipinski definition) is 0. The van der Waals surface area contributed by atoms with Crippen LogP contribution in [-0.2, 0) is 0 Å². The topological polar surface area (TPSA) is 0 Å². The Balaban J connectivity index is 2.92. The second-order valence-electron chi connectivity index (χ2n) is 5.64. The molecule has 99 valence electrons. The second-order valence-corrected chi connectivity index (χ2v) is 5.64. The summed E-state index contributed by atoms with van der Waals surface area (Å²) in [4.78, 5) is 0. The summed E-state index contributed by atoms with van der Waals surface area (Å²) in [7, 11) is 0. The van der Waals surface area contributed by atoms with Crippen LogP contribution in [0.15, 0.2) is 0 Å². The third-order valence-electron chi connectivity index (χ3n) is 3.33. The van der Waals surface area contributed by atoms with Crippen LogP contribution < -0.4 is 0 Å². The highest BCUT2D eigenvalue weighted by Crippen LogP contribution is 2.13. The first-order valence-corrected chi connectivity index (χ1v) is 7.67. The van der Waals surface area contributed by atoms with E-state index in [1.54, 1.807) is 0 Å². The fourth-order valence-electron chi connectivity index (χ4n) is 2.18. The van der Waals surface area contributed by atoms with E-state index in [4.69, 9.17) is 6.42 Å². The molecule has 0 rings (SSSR count). The molecule has 0 N–H and O–H groups in total. The van der Waals surface area contributed by atoms with E-state index in [1.165, 1.54) is 70.6 Å². The summed E-state index contributed by atoms with van der Waals surface area (Å²) < 4.78 is 0. The van der Waals surface area contributed by atoms with Crippen LogP contribution in [0.4, 0.5) is 0 Å². The molecule has 0 aliphatic heterocycles. The molecule has 0 aliphatic rings. The van der Waals surface area contributed by atoms with Crippen LogP contribution in [0, 0.1) is 18.3 Å². The van der Waals surface area contributed by atoms with Gasteiger partial charge in [-0.25, -0.2) is 0 Å². The van der Waals surface area contributed by atoms with E-state index < -0.39 is 0 Å². The molecule has 0 spiro atoms. The zero-order chi connectivity index (χ0) is 12.8. The van der Waals surface area contributed by atoms with Crippen molar-refractivity contribution >= 4 is 0 Å². The quantitative estimate of drug-likeness (QED) is 0.291. The Morgan fingerprint density at radius 2 is 1.12 bits per heavy atom. The van der Waals surface area contributed by atoms with Gasteiger partial charge in [0.05, 0.1) is 0 Å². The molecule has 0 aliphatic carbocycles. The van der Waals surface area contributed by atoms with E-state index in [0.29, 0.717) is 0 Å². The predicted molar refractivity (Wildman–Crippen MR) is 77.4 cm³/mol. The third kappa shape index (κ3) is 15.6. The molecule has 0 bridgehead atoms. The van der Waals surface area contributed by atoms with Crippen molar-refractivity contribution in [2.24, 2.45) is 5.92 Å². The summed E-state index contributed by atoms with van der Waals surface area (Å²) in [6.45, 7) is 4.63. The number of unbranched alkanes of at least 4 members (excludes halogenated alkanes) is 10. The highest BCUT2D eigenvalue weighted by Gasteiger charge is 1.95. The summed E-state index contributed by atoms with van der Waals surface area (Å²) in [5.41, 5.74) is 0. The first kappa shape index (κ1) is 16.6. The highest BCUT2D eigenvalue weighted by molar-refractivity contribution is 4.74. The van der Waals surface area contributed by atoms with E-state index in [1.807, 2.05) is 0 Å². The van der Waals surface area contributed by atoms with Gasteiger partial charge in [0.1, 0.15) is 0 Å². The minimum absolute atomic E-state index is 0.857. The molecule has 0 atom stereocenters. The van der Waals surface area contributed by atoms with Gasteiger partial charge in [0.15, 0.2) is 0 Å². The molecular weight excluding hydrogens is 204 g/mol. The van der Waals surface area contributed by atoms with Crippen molar-refractivity contribution in [3.05, 3.63) is 6.42 Å². The highest BCUT2D eigenvalue weighted by atomic mass is 14.0. The molecule has 0 saturated heterocycles. The van der Waals surface area contributed by atoms with Gasteiger partial charge in [0, 0.05) is 6.42 Å². The van der Waals surface area contributed by atoms with Crippen molar-refractivity contribution in [3.63, 3.8) is 0 Å². The van der Waals surface area contributed by atoms with Crippen molar-refractivity contribution < 1.29 is 0 Å².